The number of aromatic nitrogens is 3. The van der Waals surface area contributed by atoms with Gasteiger partial charge in [0, 0.05) is 13.0 Å². The Balaban J connectivity index is 1.36. The Hall–Kier alpha value is -3.29. The van der Waals surface area contributed by atoms with E-state index in [1.807, 2.05) is 72.1 Å². The van der Waals surface area contributed by atoms with Gasteiger partial charge in [0.1, 0.15) is 11.4 Å². The minimum absolute atomic E-state index is 0.143. The molecule has 0 aliphatic carbocycles. The van der Waals surface area contributed by atoms with E-state index in [2.05, 4.69) is 16.4 Å². The number of carbonyl (C=O) groups excluding carboxylic acids is 1. The first kappa shape index (κ1) is 18.7. The molecule has 0 unspecified atom stereocenters. The minimum Gasteiger partial charge on any atom is -0.350 e. The average molecular weight is 431 g/mol. The summed E-state index contributed by atoms with van der Waals surface area (Å²) in [6.07, 6.45) is 0.697. The van der Waals surface area contributed by atoms with E-state index in [1.54, 1.807) is 27.4 Å². The number of hydrogen-bond donors (Lipinski definition) is 1. The molecule has 7 heteroatoms. The number of carbonyl (C=O) groups is 1. The summed E-state index contributed by atoms with van der Waals surface area (Å²) in [5.74, 6) is -0.143. The Kier molecular flexibility index (Phi) is 5.13. The summed E-state index contributed by atoms with van der Waals surface area (Å²) in [5.41, 5.74) is 3.18. The van der Waals surface area contributed by atoms with Crippen LogP contribution in [0.15, 0.2) is 78.2 Å². The van der Waals surface area contributed by atoms with Crippen LogP contribution in [0.1, 0.15) is 15.5 Å². The van der Waals surface area contributed by atoms with Gasteiger partial charge in [-0.1, -0.05) is 36.4 Å². The van der Waals surface area contributed by atoms with Gasteiger partial charge in [-0.15, -0.1) is 22.7 Å². The van der Waals surface area contributed by atoms with Crippen molar-refractivity contribution < 1.29 is 4.79 Å². The van der Waals surface area contributed by atoms with Gasteiger partial charge in [0.2, 0.25) is 0 Å². The summed E-state index contributed by atoms with van der Waals surface area (Å²) in [6.45, 7) is 0.521. The highest BCUT2D eigenvalue weighted by molar-refractivity contribution is 7.18. The van der Waals surface area contributed by atoms with E-state index in [0.717, 1.165) is 26.8 Å². The fourth-order valence-electron chi connectivity index (χ4n) is 3.25. The van der Waals surface area contributed by atoms with Gasteiger partial charge in [-0.25, -0.2) is 9.67 Å². The van der Waals surface area contributed by atoms with Gasteiger partial charge < -0.3 is 5.32 Å². The van der Waals surface area contributed by atoms with E-state index in [9.17, 15) is 4.79 Å². The molecule has 5 nitrogen and oxygen atoms in total. The van der Waals surface area contributed by atoms with Gasteiger partial charge in [0.15, 0.2) is 0 Å². The monoisotopic (exact) mass is 430 g/mol. The molecule has 0 aliphatic rings. The van der Waals surface area contributed by atoms with Crippen LogP contribution >= 0.6 is 22.7 Å². The van der Waals surface area contributed by atoms with Crippen LogP contribution in [0.25, 0.3) is 26.5 Å². The van der Waals surface area contributed by atoms with Crippen molar-refractivity contribution in [2.24, 2.45) is 0 Å². The smallest absolute Gasteiger partial charge is 0.270 e. The normalized spacial score (nSPS) is 11.1. The Morgan fingerprint density at radius 1 is 1.00 bits per heavy atom. The molecular weight excluding hydrogens is 412 g/mol. The highest BCUT2D eigenvalue weighted by Gasteiger charge is 2.18. The third kappa shape index (κ3) is 3.77. The number of para-hydroxylation sites is 2. The fourth-order valence-corrected chi connectivity index (χ4v) is 4.90. The SMILES string of the molecule is O=C(NCCc1nc2ccccc2s1)c1cc(-c2cccs2)nn1-c1ccccc1. The second kappa shape index (κ2) is 8.22. The molecule has 0 spiro atoms. The van der Waals surface area contributed by atoms with Crippen LogP contribution in [0.4, 0.5) is 0 Å². The molecule has 1 N–H and O–H groups in total. The van der Waals surface area contributed by atoms with Crippen molar-refractivity contribution in [1.29, 1.82) is 0 Å². The van der Waals surface area contributed by atoms with Crippen LogP contribution in [0, 0.1) is 0 Å². The molecule has 0 fully saturated rings. The molecule has 1 amide bonds. The molecular formula is C23H18N4OS2. The summed E-state index contributed by atoms with van der Waals surface area (Å²) >= 11 is 3.28. The van der Waals surface area contributed by atoms with Crippen molar-refractivity contribution in [2.45, 2.75) is 6.42 Å². The van der Waals surface area contributed by atoms with Gasteiger partial charge in [-0.3, -0.25) is 4.79 Å². The standard InChI is InChI=1S/C23H18N4OS2/c28-23(24-13-12-22-25-17-9-4-5-10-21(17)30-22)19-15-18(20-11-6-14-29-20)26-27(19)16-7-2-1-3-8-16/h1-11,14-15H,12-13H2,(H,24,28). The number of thiazole rings is 1. The maximum Gasteiger partial charge on any atom is 0.270 e. The molecule has 0 saturated heterocycles. The van der Waals surface area contributed by atoms with E-state index < -0.39 is 0 Å². The maximum absolute atomic E-state index is 13.0. The van der Waals surface area contributed by atoms with E-state index in [0.29, 0.717) is 18.7 Å². The number of benzene rings is 2. The average Bonchev–Trinajstić information content (AvgIpc) is 3.52. The first-order valence-electron chi connectivity index (χ1n) is 9.60. The van der Waals surface area contributed by atoms with Gasteiger partial charge in [0.05, 0.1) is 25.8 Å². The Morgan fingerprint density at radius 3 is 2.63 bits per heavy atom. The lowest BCUT2D eigenvalue weighted by atomic mass is 10.2. The molecule has 0 radical (unpaired) electrons. The highest BCUT2D eigenvalue weighted by Crippen LogP contribution is 2.26. The Bertz CT molecular complexity index is 1260. The van der Waals surface area contributed by atoms with Crippen molar-refractivity contribution in [2.75, 3.05) is 6.54 Å². The van der Waals surface area contributed by atoms with E-state index in [1.165, 1.54) is 4.70 Å². The summed E-state index contributed by atoms with van der Waals surface area (Å²) in [5, 5.41) is 10.8. The van der Waals surface area contributed by atoms with Crippen LogP contribution in [-0.4, -0.2) is 27.2 Å². The van der Waals surface area contributed by atoms with Crippen molar-refractivity contribution in [3.63, 3.8) is 0 Å². The quantitative estimate of drug-likeness (QED) is 0.404. The number of nitrogens with zero attached hydrogens (tertiary/aromatic N) is 3. The summed E-state index contributed by atoms with van der Waals surface area (Å²) in [7, 11) is 0. The topological polar surface area (TPSA) is 59.8 Å². The zero-order valence-corrected chi connectivity index (χ0v) is 17.6. The van der Waals surface area contributed by atoms with Crippen LogP contribution in [0.5, 0.6) is 0 Å². The minimum atomic E-state index is -0.143. The molecule has 5 rings (SSSR count). The zero-order valence-electron chi connectivity index (χ0n) is 16.0. The number of nitrogens with one attached hydrogen (secondary N) is 1. The second-order valence-electron chi connectivity index (χ2n) is 6.72. The van der Waals surface area contributed by atoms with Gasteiger partial charge in [-0.2, -0.15) is 5.10 Å². The number of hydrogen-bond acceptors (Lipinski definition) is 5. The molecule has 0 bridgehead atoms. The maximum atomic E-state index is 13.0. The predicted molar refractivity (Wildman–Crippen MR) is 123 cm³/mol. The van der Waals surface area contributed by atoms with Gasteiger partial charge in [0.25, 0.3) is 5.91 Å². The van der Waals surface area contributed by atoms with Crippen molar-refractivity contribution in [1.82, 2.24) is 20.1 Å². The van der Waals surface area contributed by atoms with E-state index >= 15 is 0 Å². The lowest BCUT2D eigenvalue weighted by molar-refractivity contribution is 0.0946. The molecule has 3 heterocycles. The highest BCUT2D eigenvalue weighted by atomic mass is 32.1. The molecule has 0 saturated carbocycles. The van der Waals surface area contributed by atoms with Gasteiger partial charge >= 0.3 is 0 Å². The summed E-state index contributed by atoms with van der Waals surface area (Å²) in [6, 6.07) is 23.7. The van der Waals surface area contributed by atoms with Crippen LogP contribution in [0.2, 0.25) is 0 Å². The number of thiophene rings is 1. The fraction of sp³-hybridized carbons (Fsp3) is 0.0870. The molecule has 5 aromatic rings. The van der Waals surface area contributed by atoms with Gasteiger partial charge in [-0.05, 0) is 41.8 Å². The van der Waals surface area contributed by atoms with E-state index in [-0.39, 0.29) is 5.91 Å². The molecule has 0 aliphatic heterocycles. The molecule has 30 heavy (non-hydrogen) atoms. The van der Waals surface area contributed by atoms with Crippen LogP contribution in [-0.2, 0) is 6.42 Å². The molecule has 2 aromatic carbocycles. The first-order valence-corrected chi connectivity index (χ1v) is 11.3. The Morgan fingerprint density at radius 2 is 1.83 bits per heavy atom. The molecule has 148 valence electrons. The first-order chi connectivity index (χ1) is 14.8. The van der Waals surface area contributed by atoms with Crippen molar-refractivity contribution in [3.05, 3.63) is 88.9 Å². The lowest BCUT2D eigenvalue weighted by Crippen LogP contribution is -2.27. The van der Waals surface area contributed by atoms with Crippen molar-refractivity contribution >= 4 is 38.8 Å². The third-order valence-corrected chi connectivity index (χ3v) is 6.67. The summed E-state index contributed by atoms with van der Waals surface area (Å²) in [4.78, 5) is 18.7. The predicted octanol–water partition coefficient (Wildman–Crippen LogP) is 5.18. The largest absolute Gasteiger partial charge is 0.350 e. The van der Waals surface area contributed by atoms with Crippen LogP contribution < -0.4 is 5.32 Å². The zero-order chi connectivity index (χ0) is 20.3. The Labute approximate surface area is 181 Å². The van der Waals surface area contributed by atoms with Crippen LogP contribution in [0.3, 0.4) is 0 Å². The number of fused-ring (bicyclic) bond motifs is 1. The number of amides is 1. The summed E-state index contributed by atoms with van der Waals surface area (Å²) < 4.78 is 2.88. The molecule has 3 aromatic heterocycles. The van der Waals surface area contributed by atoms with E-state index in [4.69, 9.17) is 5.10 Å². The number of rotatable bonds is 6. The molecule has 0 atom stereocenters. The third-order valence-electron chi connectivity index (χ3n) is 4.68. The lowest BCUT2D eigenvalue weighted by Gasteiger charge is -2.07. The second-order valence-corrected chi connectivity index (χ2v) is 8.78. The van der Waals surface area contributed by atoms with Crippen molar-refractivity contribution in [3.8, 4) is 16.3 Å².